The number of hydrogen-bond acceptors (Lipinski definition) is 3. The molecule has 7 heteroatoms. The van der Waals surface area contributed by atoms with Crippen molar-refractivity contribution in [2.24, 2.45) is 0 Å². The molecular formula is C38H33F4NO2. The molecule has 1 heterocycles. The Kier molecular flexibility index (Phi) is 8.61. The van der Waals surface area contributed by atoms with E-state index in [4.69, 9.17) is 9.47 Å². The van der Waals surface area contributed by atoms with E-state index in [0.717, 1.165) is 58.4 Å². The van der Waals surface area contributed by atoms with Crippen molar-refractivity contribution >= 4 is 32.3 Å². The predicted octanol–water partition coefficient (Wildman–Crippen LogP) is 10.5. The molecule has 0 N–H and O–H groups in total. The Morgan fingerprint density at radius 1 is 0.800 bits per heavy atom. The zero-order valence-electron chi connectivity index (χ0n) is 25.1. The van der Waals surface area contributed by atoms with Gasteiger partial charge in [-0.3, -0.25) is 4.98 Å². The predicted molar refractivity (Wildman–Crippen MR) is 172 cm³/mol. The highest BCUT2D eigenvalue weighted by atomic mass is 19.4. The molecule has 0 radical (unpaired) electrons. The smallest absolute Gasteiger partial charge is 0.419 e. The van der Waals surface area contributed by atoms with Gasteiger partial charge >= 0.3 is 6.18 Å². The second kappa shape index (κ2) is 12.8. The maximum Gasteiger partial charge on any atom is 0.419 e. The Bertz CT molecular complexity index is 1920. The molecule has 0 unspecified atom stereocenters. The van der Waals surface area contributed by atoms with Crippen LogP contribution in [0.3, 0.4) is 0 Å². The second-order valence-corrected chi connectivity index (χ2v) is 11.3. The normalized spacial score (nSPS) is 14.6. The van der Waals surface area contributed by atoms with E-state index in [9.17, 15) is 17.6 Å². The van der Waals surface area contributed by atoms with Crippen LogP contribution in [-0.2, 0) is 19.0 Å². The number of aryl methyl sites for hydroxylation is 2. The molecule has 1 aliphatic rings. The molecule has 0 fully saturated rings. The van der Waals surface area contributed by atoms with Crippen molar-refractivity contribution < 1.29 is 27.0 Å². The first kappa shape index (κ1) is 30.4. The lowest BCUT2D eigenvalue weighted by molar-refractivity contribution is -0.140. The summed E-state index contributed by atoms with van der Waals surface area (Å²) in [6.07, 6.45) is 2.65. The van der Waals surface area contributed by atoms with Gasteiger partial charge in [0.05, 0.1) is 25.2 Å². The average molecular weight is 612 g/mol. The Hall–Kier alpha value is -4.65. The van der Waals surface area contributed by atoms with Gasteiger partial charge in [-0.1, -0.05) is 60.7 Å². The number of halogens is 4. The Balaban J connectivity index is 0.000000301. The van der Waals surface area contributed by atoms with Crippen LogP contribution in [0.2, 0.25) is 0 Å². The summed E-state index contributed by atoms with van der Waals surface area (Å²) in [6.45, 7) is 0. The SMILES string of the molecule is COc1cccc2c1c(OC)cc1c3c(ccc12)[C@H](CCc1cccc(C(F)(F)F)c1F)CCC3.c1ccc2cnccc2c1. The summed E-state index contributed by atoms with van der Waals surface area (Å²) in [7, 11) is 3.29. The number of alkyl halides is 3. The van der Waals surface area contributed by atoms with Crippen LogP contribution in [0.15, 0.2) is 97.3 Å². The van der Waals surface area contributed by atoms with Gasteiger partial charge in [0.1, 0.15) is 17.3 Å². The quantitative estimate of drug-likeness (QED) is 0.144. The number of benzene rings is 5. The van der Waals surface area contributed by atoms with E-state index in [0.29, 0.717) is 6.42 Å². The fourth-order valence-corrected chi connectivity index (χ4v) is 6.62. The van der Waals surface area contributed by atoms with Gasteiger partial charge in [-0.15, -0.1) is 0 Å². The number of rotatable bonds is 5. The molecule has 0 aliphatic heterocycles. The number of ether oxygens (including phenoxy) is 2. The first-order valence-electron chi connectivity index (χ1n) is 15.0. The van der Waals surface area contributed by atoms with Crippen molar-refractivity contribution in [3.8, 4) is 11.5 Å². The molecule has 0 bridgehead atoms. The molecule has 1 atom stereocenters. The number of hydrogen-bond donors (Lipinski definition) is 0. The molecule has 1 aliphatic carbocycles. The molecule has 7 rings (SSSR count). The van der Waals surface area contributed by atoms with Gasteiger partial charge in [-0.2, -0.15) is 13.2 Å². The molecule has 45 heavy (non-hydrogen) atoms. The third kappa shape index (κ3) is 6.04. The maximum absolute atomic E-state index is 14.6. The molecule has 5 aromatic carbocycles. The summed E-state index contributed by atoms with van der Waals surface area (Å²) >= 11 is 0. The molecule has 0 spiro atoms. The summed E-state index contributed by atoms with van der Waals surface area (Å²) in [6, 6.07) is 26.0. The minimum Gasteiger partial charge on any atom is -0.496 e. The number of fused-ring (bicyclic) bond motifs is 6. The largest absolute Gasteiger partial charge is 0.496 e. The van der Waals surface area contributed by atoms with E-state index in [1.807, 2.05) is 42.7 Å². The van der Waals surface area contributed by atoms with Gasteiger partial charge < -0.3 is 9.47 Å². The van der Waals surface area contributed by atoms with Crippen molar-refractivity contribution in [3.63, 3.8) is 0 Å². The lowest BCUT2D eigenvalue weighted by Gasteiger charge is -2.28. The van der Waals surface area contributed by atoms with E-state index in [1.165, 1.54) is 34.0 Å². The molecule has 0 saturated heterocycles. The minimum atomic E-state index is -4.69. The molecule has 1 aromatic heterocycles. The number of methoxy groups -OCH3 is 2. The topological polar surface area (TPSA) is 31.4 Å². The van der Waals surface area contributed by atoms with E-state index in [-0.39, 0.29) is 17.9 Å². The fraction of sp³-hybridized carbons (Fsp3) is 0.237. The third-order valence-electron chi connectivity index (χ3n) is 8.79. The fourth-order valence-electron chi connectivity index (χ4n) is 6.62. The van der Waals surface area contributed by atoms with Crippen LogP contribution in [0.25, 0.3) is 32.3 Å². The summed E-state index contributed by atoms with van der Waals surface area (Å²) < 4.78 is 65.3. The number of pyridine rings is 1. The van der Waals surface area contributed by atoms with Crippen LogP contribution in [-0.4, -0.2) is 19.2 Å². The highest BCUT2D eigenvalue weighted by Gasteiger charge is 2.35. The molecule has 3 nitrogen and oxygen atoms in total. The third-order valence-corrected chi connectivity index (χ3v) is 8.79. The van der Waals surface area contributed by atoms with Crippen molar-refractivity contribution in [2.75, 3.05) is 14.2 Å². The molecule has 0 saturated carbocycles. The van der Waals surface area contributed by atoms with Crippen LogP contribution < -0.4 is 9.47 Å². The van der Waals surface area contributed by atoms with Crippen LogP contribution >= 0.6 is 0 Å². The highest BCUT2D eigenvalue weighted by molar-refractivity contribution is 6.13. The molecule has 230 valence electrons. The Labute approximate surface area is 259 Å². The lowest BCUT2D eigenvalue weighted by atomic mass is 9.77. The van der Waals surface area contributed by atoms with Crippen LogP contribution in [0, 0.1) is 5.82 Å². The monoisotopic (exact) mass is 611 g/mol. The first-order valence-corrected chi connectivity index (χ1v) is 15.0. The summed E-state index contributed by atoms with van der Waals surface area (Å²) in [5.41, 5.74) is 1.36. The molecule has 6 aromatic rings. The molecular weight excluding hydrogens is 578 g/mol. The van der Waals surface area contributed by atoms with Gasteiger partial charge in [0.15, 0.2) is 0 Å². The van der Waals surface area contributed by atoms with Crippen molar-refractivity contribution in [3.05, 3.63) is 125 Å². The minimum absolute atomic E-state index is 0.118. The van der Waals surface area contributed by atoms with Gasteiger partial charge in [0.25, 0.3) is 0 Å². The van der Waals surface area contributed by atoms with Crippen molar-refractivity contribution in [1.82, 2.24) is 4.98 Å². The molecule has 0 amide bonds. The van der Waals surface area contributed by atoms with E-state index in [1.54, 1.807) is 14.2 Å². The Morgan fingerprint density at radius 3 is 2.33 bits per heavy atom. The first-order chi connectivity index (χ1) is 21.8. The highest BCUT2D eigenvalue weighted by Crippen LogP contribution is 2.44. The van der Waals surface area contributed by atoms with E-state index >= 15 is 0 Å². The average Bonchev–Trinajstić information content (AvgIpc) is 3.06. The zero-order valence-corrected chi connectivity index (χ0v) is 25.1. The van der Waals surface area contributed by atoms with Gasteiger partial charge in [0, 0.05) is 12.4 Å². The van der Waals surface area contributed by atoms with Crippen molar-refractivity contribution in [2.45, 2.75) is 44.2 Å². The van der Waals surface area contributed by atoms with Gasteiger partial charge in [-0.25, -0.2) is 4.39 Å². The Morgan fingerprint density at radius 2 is 1.58 bits per heavy atom. The maximum atomic E-state index is 14.6. The van der Waals surface area contributed by atoms with E-state index in [2.05, 4.69) is 41.4 Å². The van der Waals surface area contributed by atoms with Crippen LogP contribution in [0.1, 0.15) is 47.4 Å². The van der Waals surface area contributed by atoms with E-state index < -0.39 is 17.6 Å². The standard InChI is InChI=1S/C29H26F4O2.C9H7N/c1-34-25-11-5-9-22-21-15-14-19-17(6-3-8-20(19)23(21)16-26(35-2)27(22)25)12-13-18-7-4-10-24(28(18)30)29(31,32)33;1-2-4-9-7-10-6-5-8(9)3-1/h4-5,7,9-11,14-17H,3,6,8,12-13H2,1-2H3;1-7H/t17-;/m0./s1. The summed E-state index contributed by atoms with van der Waals surface area (Å²) in [5.74, 6) is 0.496. The van der Waals surface area contributed by atoms with Gasteiger partial charge in [0.2, 0.25) is 0 Å². The van der Waals surface area contributed by atoms with Gasteiger partial charge in [-0.05, 0) is 106 Å². The number of nitrogens with zero attached hydrogens (tertiary/aromatic N) is 1. The number of aromatic nitrogens is 1. The summed E-state index contributed by atoms with van der Waals surface area (Å²) in [4.78, 5) is 4.01. The van der Waals surface area contributed by atoms with Crippen LogP contribution in [0.5, 0.6) is 11.5 Å². The van der Waals surface area contributed by atoms with Crippen molar-refractivity contribution in [1.29, 1.82) is 0 Å². The van der Waals surface area contributed by atoms with Crippen LogP contribution in [0.4, 0.5) is 17.6 Å². The zero-order chi connectivity index (χ0) is 31.6. The summed E-state index contributed by atoms with van der Waals surface area (Å²) in [5, 5.41) is 6.66. The lowest BCUT2D eigenvalue weighted by Crippen LogP contribution is -2.13. The second-order valence-electron chi connectivity index (χ2n) is 11.3.